The number of carbonyl (C=O) groups is 1. The van der Waals surface area contributed by atoms with Gasteiger partial charge >= 0.3 is 0 Å². The Bertz CT molecular complexity index is 1270. The van der Waals surface area contributed by atoms with Crippen molar-refractivity contribution in [2.45, 2.75) is 179 Å². The molecule has 272 valence electrons. The SMILES string of the molecule is CC(O)(C1OC1C(C)(O)C(C)(C)CCC1CCNC(N)C1)C1CCC2(O)C3=CC(=O)C4CC(O)CCC4(C4CCCCC4)C3CCC12C. The van der Waals surface area contributed by atoms with Gasteiger partial charge in [0.2, 0.25) is 0 Å². The summed E-state index contributed by atoms with van der Waals surface area (Å²) in [5.74, 6) is 0.825. The standard InChI is InChI=1S/C40H66N2O6/c1-35(2,16-11-24-15-20-42-32(41)21-24)38(5,46)34-33(48-34)37(4,45)31-14-19-40(47)28-23-30(44)29-22-26(43)12-18-39(29,25-9-7-6-8-10-25)27(28)13-17-36(31,40)3/h23-27,29,31-34,42-43,45-47H,6-22,41H2,1-5H3. The second-order valence-electron chi connectivity index (χ2n) is 19.1. The fourth-order valence-corrected chi connectivity index (χ4v) is 13.1. The van der Waals surface area contributed by atoms with Crippen LogP contribution in [-0.2, 0) is 9.53 Å². The van der Waals surface area contributed by atoms with E-state index in [2.05, 4.69) is 26.1 Å². The summed E-state index contributed by atoms with van der Waals surface area (Å²) in [4.78, 5) is 14.1. The highest BCUT2D eigenvalue weighted by molar-refractivity contribution is 5.95. The summed E-state index contributed by atoms with van der Waals surface area (Å²) in [6.45, 7) is 11.1. The molecule has 2 saturated heterocycles. The molecule has 0 aromatic carbocycles. The average molecular weight is 671 g/mol. The summed E-state index contributed by atoms with van der Waals surface area (Å²) in [7, 11) is 0. The van der Waals surface area contributed by atoms with Crippen LogP contribution >= 0.6 is 0 Å². The van der Waals surface area contributed by atoms with Gasteiger partial charge in [0.25, 0.3) is 0 Å². The fraction of sp³-hybridized carbons (Fsp3) is 0.925. The number of carbonyl (C=O) groups excluding carboxylic acids is 1. The Kier molecular flexibility index (Phi) is 8.95. The molecule has 7 rings (SSSR count). The molecule has 0 aromatic heterocycles. The lowest BCUT2D eigenvalue weighted by Gasteiger charge is -2.63. The molecule has 8 nitrogen and oxygen atoms in total. The highest BCUT2D eigenvalue weighted by atomic mass is 16.6. The number of allylic oxidation sites excluding steroid dienone is 1. The number of fused-ring (bicyclic) bond motifs is 5. The summed E-state index contributed by atoms with van der Waals surface area (Å²) in [6, 6.07) is 0. The van der Waals surface area contributed by atoms with Crippen molar-refractivity contribution >= 4 is 5.78 Å². The van der Waals surface area contributed by atoms with Crippen molar-refractivity contribution in [3.05, 3.63) is 11.6 Å². The van der Waals surface area contributed by atoms with Crippen molar-refractivity contribution in [3.8, 4) is 0 Å². The van der Waals surface area contributed by atoms with E-state index in [1.807, 2.05) is 19.9 Å². The maximum atomic E-state index is 14.1. The number of hydrogen-bond acceptors (Lipinski definition) is 8. The third kappa shape index (κ3) is 5.27. The minimum atomic E-state index is -1.25. The molecule has 5 aliphatic carbocycles. The van der Waals surface area contributed by atoms with Crippen LogP contribution in [0.3, 0.4) is 0 Å². The minimum absolute atomic E-state index is 0.0392. The fourth-order valence-electron chi connectivity index (χ4n) is 13.1. The van der Waals surface area contributed by atoms with E-state index in [4.69, 9.17) is 10.5 Å². The van der Waals surface area contributed by atoms with Crippen LogP contribution in [0.5, 0.6) is 0 Å². The molecule has 0 spiro atoms. The normalized spacial score (nSPS) is 47.6. The number of nitrogens with one attached hydrogen (secondary N) is 1. The summed E-state index contributed by atoms with van der Waals surface area (Å²) in [6.07, 6.45) is 15.2. The van der Waals surface area contributed by atoms with Gasteiger partial charge in [-0.25, -0.2) is 0 Å². The number of nitrogens with two attached hydrogens (primary N) is 1. The first kappa shape index (κ1) is 35.5. The Labute approximate surface area is 289 Å². The molecule has 2 aliphatic heterocycles. The first-order chi connectivity index (χ1) is 22.5. The van der Waals surface area contributed by atoms with Crippen molar-refractivity contribution in [1.82, 2.24) is 5.32 Å². The average Bonchev–Trinajstić information content (AvgIpc) is 3.81. The number of epoxide rings is 1. The van der Waals surface area contributed by atoms with Gasteiger partial charge in [-0.05, 0) is 150 Å². The topological polar surface area (TPSA) is 149 Å². The van der Waals surface area contributed by atoms with Gasteiger partial charge in [0.1, 0.15) is 12.2 Å². The first-order valence-electron chi connectivity index (χ1n) is 19.7. The van der Waals surface area contributed by atoms with Crippen LogP contribution < -0.4 is 11.1 Å². The molecule has 0 aromatic rings. The van der Waals surface area contributed by atoms with Gasteiger partial charge in [0.05, 0.1) is 29.1 Å². The van der Waals surface area contributed by atoms with Gasteiger partial charge < -0.3 is 36.2 Å². The lowest BCUT2D eigenvalue weighted by Crippen LogP contribution is -2.63. The van der Waals surface area contributed by atoms with Crippen LogP contribution in [0.25, 0.3) is 0 Å². The van der Waals surface area contributed by atoms with E-state index in [1.54, 1.807) is 0 Å². The van der Waals surface area contributed by atoms with E-state index >= 15 is 0 Å². The highest BCUT2D eigenvalue weighted by Crippen LogP contribution is 2.71. The monoisotopic (exact) mass is 670 g/mol. The van der Waals surface area contributed by atoms with Crippen LogP contribution in [0.4, 0.5) is 0 Å². The van der Waals surface area contributed by atoms with Crippen molar-refractivity contribution in [1.29, 1.82) is 0 Å². The molecule has 7 N–H and O–H groups in total. The van der Waals surface area contributed by atoms with Crippen LogP contribution in [0, 0.1) is 45.8 Å². The predicted octanol–water partition coefficient (Wildman–Crippen LogP) is 5.14. The molecular formula is C40H66N2O6. The zero-order chi connectivity index (χ0) is 34.5. The molecule has 0 radical (unpaired) electrons. The number of ether oxygens (including phenoxy) is 1. The Balaban J connectivity index is 1.12. The zero-order valence-corrected chi connectivity index (χ0v) is 30.5. The second kappa shape index (κ2) is 12.1. The summed E-state index contributed by atoms with van der Waals surface area (Å²) < 4.78 is 6.31. The summed E-state index contributed by atoms with van der Waals surface area (Å²) >= 11 is 0. The Morgan fingerprint density at radius 1 is 0.938 bits per heavy atom. The van der Waals surface area contributed by atoms with Crippen LogP contribution in [0.1, 0.15) is 137 Å². The highest BCUT2D eigenvalue weighted by Gasteiger charge is 2.73. The van der Waals surface area contributed by atoms with Crippen molar-refractivity contribution in [3.63, 3.8) is 0 Å². The molecule has 7 aliphatic rings. The van der Waals surface area contributed by atoms with Gasteiger partial charge in [-0.1, -0.05) is 40.0 Å². The van der Waals surface area contributed by atoms with Gasteiger partial charge in [-0.15, -0.1) is 0 Å². The Hall–Kier alpha value is -0.870. The number of rotatable bonds is 8. The quantitative estimate of drug-likeness (QED) is 0.195. The van der Waals surface area contributed by atoms with Crippen LogP contribution in [0.15, 0.2) is 11.6 Å². The van der Waals surface area contributed by atoms with E-state index in [9.17, 15) is 25.2 Å². The van der Waals surface area contributed by atoms with Gasteiger partial charge in [-0.2, -0.15) is 0 Å². The van der Waals surface area contributed by atoms with E-state index in [0.717, 1.165) is 76.3 Å². The number of hydrogen-bond donors (Lipinski definition) is 6. The van der Waals surface area contributed by atoms with E-state index in [0.29, 0.717) is 31.1 Å². The molecule has 2 heterocycles. The third-order valence-corrected chi connectivity index (χ3v) is 16.5. The molecule has 13 unspecified atom stereocenters. The number of piperidine rings is 1. The van der Waals surface area contributed by atoms with Crippen LogP contribution in [0.2, 0.25) is 0 Å². The van der Waals surface area contributed by atoms with Crippen molar-refractivity contribution in [2.75, 3.05) is 6.54 Å². The minimum Gasteiger partial charge on any atom is -0.393 e. The summed E-state index contributed by atoms with van der Waals surface area (Å²) in [5, 5.41) is 51.6. The van der Waals surface area contributed by atoms with Gasteiger partial charge in [0, 0.05) is 11.3 Å². The van der Waals surface area contributed by atoms with Crippen molar-refractivity contribution in [2.24, 2.45) is 51.6 Å². The number of aliphatic hydroxyl groups excluding tert-OH is 1. The molecule has 8 heteroatoms. The second-order valence-corrected chi connectivity index (χ2v) is 19.1. The molecular weight excluding hydrogens is 604 g/mol. The Morgan fingerprint density at radius 3 is 2.38 bits per heavy atom. The lowest BCUT2D eigenvalue weighted by atomic mass is 9.42. The van der Waals surface area contributed by atoms with Crippen molar-refractivity contribution < 1.29 is 30.0 Å². The molecule has 13 atom stereocenters. The first-order valence-corrected chi connectivity index (χ1v) is 19.7. The molecule has 6 fully saturated rings. The van der Waals surface area contributed by atoms with Crippen LogP contribution in [-0.4, -0.2) is 74.0 Å². The maximum Gasteiger partial charge on any atom is 0.159 e. The number of aliphatic hydroxyl groups is 4. The number of ketones is 1. The smallest absolute Gasteiger partial charge is 0.159 e. The lowest BCUT2D eigenvalue weighted by molar-refractivity contribution is -0.165. The van der Waals surface area contributed by atoms with Gasteiger partial charge in [-0.3, -0.25) is 4.79 Å². The largest absolute Gasteiger partial charge is 0.393 e. The maximum absolute atomic E-state index is 14.1. The molecule has 48 heavy (non-hydrogen) atoms. The van der Waals surface area contributed by atoms with E-state index in [-0.39, 0.29) is 35.1 Å². The summed E-state index contributed by atoms with van der Waals surface area (Å²) in [5.41, 5.74) is 2.27. The third-order valence-electron chi connectivity index (χ3n) is 16.5. The van der Waals surface area contributed by atoms with E-state index < -0.39 is 45.9 Å². The molecule has 4 saturated carbocycles. The van der Waals surface area contributed by atoms with E-state index in [1.165, 1.54) is 19.3 Å². The molecule has 0 amide bonds. The van der Waals surface area contributed by atoms with Gasteiger partial charge in [0.15, 0.2) is 5.78 Å². The molecule has 0 bridgehead atoms. The zero-order valence-electron chi connectivity index (χ0n) is 30.5. The Morgan fingerprint density at radius 2 is 1.67 bits per heavy atom. The predicted molar refractivity (Wildman–Crippen MR) is 186 cm³/mol.